The zero-order chi connectivity index (χ0) is 7.82. The summed E-state index contributed by atoms with van der Waals surface area (Å²) >= 11 is 0. The number of primary amides is 1. The summed E-state index contributed by atoms with van der Waals surface area (Å²) < 4.78 is 0. The van der Waals surface area contributed by atoms with Crippen molar-refractivity contribution in [2.75, 3.05) is 0 Å². The molecule has 0 aliphatic heterocycles. The van der Waals surface area contributed by atoms with E-state index >= 15 is 0 Å². The van der Waals surface area contributed by atoms with Crippen LogP contribution in [0.25, 0.3) is 0 Å². The van der Waals surface area contributed by atoms with Gasteiger partial charge in [0.25, 0.3) is 0 Å². The van der Waals surface area contributed by atoms with Crippen molar-refractivity contribution in [1.29, 1.82) is 0 Å². The molecule has 3 N–H and O–H groups in total. The summed E-state index contributed by atoms with van der Waals surface area (Å²) in [5.74, 6) is 0. The lowest BCUT2D eigenvalue weighted by atomic mass is 10.2. The van der Waals surface area contributed by atoms with Gasteiger partial charge in [0.15, 0.2) is 0 Å². The largest absolute Gasteiger partial charge is 0.351 e. The van der Waals surface area contributed by atoms with E-state index in [9.17, 15) is 4.79 Å². The maximum Gasteiger partial charge on any atom is 0.316 e. The summed E-state index contributed by atoms with van der Waals surface area (Å²) in [6.07, 6.45) is 6.79. The first-order valence-electron chi connectivity index (χ1n) is 3.48. The third-order valence-electron chi connectivity index (χ3n) is 1.07. The Bertz CT molecular complexity index is 121. The van der Waals surface area contributed by atoms with Crippen LogP contribution in [0.1, 0.15) is 26.2 Å². The van der Waals surface area contributed by atoms with Gasteiger partial charge in [-0.1, -0.05) is 25.8 Å². The molecule has 2 amide bonds. The molecule has 0 aliphatic rings. The van der Waals surface area contributed by atoms with Crippen molar-refractivity contribution < 1.29 is 4.79 Å². The van der Waals surface area contributed by atoms with Crippen LogP contribution >= 0.6 is 0 Å². The molecule has 0 unspecified atom stereocenters. The van der Waals surface area contributed by atoms with E-state index in [2.05, 4.69) is 12.2 Å². The average molecular weight is 142 g/mol. The lowest BCUT2D eigenvalue weighted by Crippen LogP contribution is -2.23. The Balaban J connectivity index is 3.12. The Labute approximate surface area is 61.3 Å². The van der Waals surface area contributed by atoms with E-state index in [0.29, 0.717) is 0 Å². The Morgan fingerprint density at radius 2 is 2.40 bits per heavy atom. The second-order valence-corrected chi connectivity index (χ2v) is 2.05. The van der Waals surface area contributed by atoms with Crippen molar-refractivity contribution in [3.05, 3.63) is 12.3 Å². The molecule has 0 radical (unpaired) electrons. The predicted octanol–water partition coefficient (Wildman–Crippen LogP) is 1.36. The van der Waals surface area contributed by atoms with Gasteiger partial charge in [0.1, 0.15) is 0 Å². The molecule has 0 fully saturated rings. The van der Waals surface area contributed by atoms with Gasteiger partial charge in [0.05, 0.1) is 0 Å². The number of amides is 2. The molecular weight excluding hydrogens is 128 g/mol. The van der Waals surface area contributed by atoms with Gasteiger partial charge in [-0.05, 0) is 6.42 Å². The summed E-state index contributed by atoms with van der Waals surface area (Å²) in [6.45, 7) is 2.12. The van der Waals surface area contributed by atoms with Crippen LogP contribution in [0.2, 0.25) is 0 Å². The van der Waals surface area contributed by atoms with Crippen LogP contribution < -0.4 is 11.1 Å². The highest BCUT2D eigenvalue weighted by molar-refractivity contribution is 5.72. The van der Waals surface area contributed by atoms with E-state index in [0.717, 1.165) is 12.8 Å². The fourth-order valence-electron chi connectivity index (χ4n) is 0.546. The Morgan fingerprint density at radius 3 is 2.90 bits per heavy atom. The fourth-order valence-corrected chi connectivity index (χ4v) is 0.546. The number of rotatable bonds is 4. The number of nitrogens with two attached hydrogens (primary N) is 1. The monoisotopic (exact) mass is 142 g/mol. The molecule has 3 heteroatoms. The van der Waals surface area contributed by atoms with Crippen LogP contribution in [0.15, 0.2) is 12.3 Å². The first kappa shape index (κ1) is 9.01. The lowest BCUT2D eigenvalue weighted by molar-refractivity contribution is 0.252. The van der Waals surface area contributed by atoms with Gasteiger partial charge in [0.2, 0.25) is 0 Å². The van der Waals surface area contributed by atoms with E-state index in [4.69, 9.17) is 5.73 Å². The minimum absolute atomic E-state index is 0.507. The molecule has 0 spiro atoms. The minimum atomic E-state index is -0.507. The molecule has 0 heterocycles. The molecule has 0 atom stereocenters. The number of nitrogens with one attached hydrogen (secondary N) is 1. The van der Waals surface area contributed by atoms with Crippen LogP contribution in [-0.4, -0.2) is 6.03 Å². The summed E-state index contributed by atoms with van der Waals surface area (Å²) in [5, 5.41) is 2.36. The molecule has 0 aromatic carbocycles. The fraction of sp³-hybridized carbons (Fsp3) is 0.571. The average Bonchev–Trinajstić information content (AvgIpc) is 1.87. The van der Waals surface area contributed by atoms with Crippen molar-refractivity contribution >= 4 is 6.03 Å². The van der Waals surface area contributed by atoms with Crippen LogP contribution in [0, 0.1) is 0 Å². The molecule has 3 nitrogen and oxygen atoms in total. The van der Waals surface area contributed by atoms with Crippen LogP contribution in [-0.2, 0) is 0 Å². The normalized spacial score (nSPS) is 10.1. The number of allylic oxidation sites excluding steroid dienone is 1. The van der Waals surface area contributed by atoms with Crippen molar-refractivity contribution in [1.82, 2.24) is 5.32 Å². The Morgan fingerprint density at radius 1 is 1.70 bits per heavy atom. The number of carbonyl (C=O) groups excluding carboxylic acids is 1. The van der Waals surface area contributed by atoms with E-state index in [-0.39, 0.29) is 0 Å². The van der Waals surface area contributed by atoms with Gasteiger partial charge in [-0.3, -0.25) is 0 Å². The second-order valence-electron chi connectivity index (χ2n) is 2.05. The second kappa shape index (κ2) is 6.13. The van der Waals surface area contributed by atoms with E-state index < -0.39 is 6.03 Å². The number of hydrogen-bond donors (Lipinski definition) is 2. The molecule has 58 valence electrons. The topological polar surface area (TPSA) is 55.1 Å². The quantitative estimate of drug-likeness (QED) is 0.572. The molecule has 0 aromatic heterocycles. The van der Waals surface area contributed by atoms with E-state index in [1.165, 1.54) is 6.42 Å². The summed E-state index contributed by atoms with van der Waals surface area (Å²) in [4.78, 5) is 10.1. The van der Waals surface area contributed by atoms with E-state index in [1.54, 1.807) is 6.20 Å². The molecule has 0 saturated heterocycles. The van der Waals surface area contributed by atoms with Gasteiger partial charge in [0, 0.05) is 6.20 Å². The highest BCUT2D eigenvalue weighted by Gasteiger charge is 1.81. The van der Waals surface area contributed by atoms with Crippen molar-refractivity contribution in [2.45, 2.75) is 26.2 Å². The predicted molar refractivity (Wildman–Crippen MR) is 41.4 cm³/mol. The maximum absolute atomic E-state index is 10.1. The SMILES string of the molecule is CCCCC=CNC(N)=O. The van der Waals surface area contributed by atoms with Crippen LogP contribution in [0.4, 0.5) is 4.79 Å². The summed E-state index contributed by atoms with van der Waals surface area (Å²) in [7, 11) is 0. The first-order valence-corrected chi connectivity index (χ1v) is 3.48. The molecule has 0 saturated carbocycles. The van der Waals surface area contributed by atoms with Crippen molar-refractivity contribution in [3.63, 3.8) is 0 Å². The molecular formula is C7H14N2O. The molecule has 0 aromatic rings. The van der Waals surface area contributed by atoms with Crippen molar-refractivity contribution in [2.24, 2.45) is 5.73 Å². The number of carbonyl (C=O) groups is 1. The third kappa shape index (κ3) is 7.01. The molecule has 0 aliphatic carbocycles. The van der Waals surface area contributed by atoms with Gasteiger partial charge >= 0.3 is 6.03 Å². The Kier molecular flexibility index (Phi) is 5.53. The minimum Gasteiger partial charge on any atom is -0.351 e. The van der Waals surface area contributed by atoms with E-state index in [1.807, 2.05) is 6.08 Å². The molecule has 10 heavy (non-hydrogen) atoms. The van der Waals surface area contributed by atoms with Crippen LogP contribution in [0.3, 0.4) is 0 Å². The van der Waals surface area contributed by atoms with Gasteiger partial charge in [-0.25, -0.2) is 4.79 Å². The number of urea groups is 1. The zero-order valence-corrected chi connectivity index (χ0v) is 6.26. The van der Waals surface area contributed by atoms with Gasteiger partial charge in [-0.2, -0.15) is 0 Å². The van der Waals surface area contributed by atoms with Crippen molar-refractivity contribution in [3.8, 4) is 0 Å². The van der Waals surface area contributed by atoms with Crippen LogP contribution in [0.5, 0.6) is 0 Å². The highest BCUT2D eigenvalue weighted by Crippen LogP contribution is 1.93. The summed E-state index contributed by atoms with van der Waals surface area (Å²) in [5.41, 5.74) is 4.81. The maximum atomic E-state index is 10.1. The van der Waals surface area contributed by atoms with Gasteiger partial charge < -0.3 is 11.1 Å². The summed E-state index contributed by atoms with van der Waals surface area (Å²) in [6, 6.07) is -0.507. The first-order chi connectivity index (χ1) is 4.77. The lowest BCUT2D eigenvalue weighted by Gasteiger charge is -1.90. The Hall–Kier alpha value is -0.990. The molecule has 0 bridgehead atoms. The standard InChI is InChI=1S/C7H14N2O/c1-2-3-4-5-6-9-7(8)10/h5-6H,2-4H2,1H3,(H3,8,9,10). The highest BCUT2D eigenvalue weighted by atomic mass is 16.2. The molecule has 0 rings (SSSR count). The smallest absolute Gasteiger partial charge is 0.316 e. The van der Waals surface area contributed by atoms with Gasteiger partial charge in [-0.15, -0.1) is 0 Å². The zero-order valence-electron chi connectivity index (χ0n) is 6.26. The number of hydrogen-bond acceptors (Lipinski definition) is 1. The third-order valence-corrected chi connectivity index (χ3v) is 1.07. The number of unbranched alkanes of at least 4 members (excludes halogenated alkanes) is 2.